The number of benzene rings is 2. The predicted octanol–water partition coefficient (Wildman–Crippen LogP) is 3.81. The standard InChI is InChI=1S/C27H32N6O/c1-19(34)32-12-9-27(17-32)10-13-33(18-27)24-5-3-4-21-15-28-26(30-25(21)24)29-23-7-6-22-16-31(2)11-8-20(22)14-23/h3-7,14-15H,8-13,16-18H2,1-2H3,(H,28,29,30). The van der Waals surface area contributed by atoms with Crippen LogP contribution in [0.3, 0.4) is 0 Å². The molecule has 1 amide bonds. The SMILES string of the molecule is CC(=O)N1CCC2(CCN(c3cccc4cnc(Nc5ccc6c(c5)CCN(C)C6)nc34)C2)C1. The number of carbonyl (C=O) groups is 1. The Labute approximate surface area is 200 Å². The fourth-order valence-corrected chi connectivity index (χ4v) is 5.93. The molecule has 176 valence electrons. The van der Waals surface area contributed by atoms with Gasteiger partial charge in [-0.15, -0.1) is 0 Å². The van der Waals surface area contributed by atoms with E-state index in [1.165, 1.54) is 11.1 Å². The number of para-hydroxylation sites is 1. The number of rotatable bonds is 3. The van der Waals surface area contributed by atoms with E-state index in [4.69, 9.17) is 4.98 Å². The lowest BCUT2D eigenvalue weighted by Crippen LogP contribution is -2.32. The van der Waals surface area contributed by atoms with E-state index in [0.29, 0.717) is 5.95 Å². The van der Waals surface area contributed by atoms with Crippen molar-refractivity contribution in [2.75, 3.05) is 50.0 Å². The van der Waals surface area contributed by atoms with E-state index in [-0.39, 0.29) is 11.3 Å². The molecule has 1 atom stereocenters. The minimum absolute atomic E-state index is 0.193. The first-order valence-electron chi connectivity index (χ1n) is 12.3. The van der Waals surface area contributed by atoms with Crippen LogP contribution in [-0.2, 0) is 17.8 Å². The molecule has 1 aromatic heterocycles. The maximum Gasteiger partial charge on any atom is 0.227 e. The third-order valence-electron chi connectivity index (χ3n) is 7.92. The topological polar surface area (TPSA) is 64.6 Å². The molecule has 0 bridgehead atoms. The highest BCUT2D eigenvalue weighted by Crippen LogP contribution is 2.42. The monoisotopic (exact) mass is 456 g/mol. The van der Waals surface area contributed by atoms with Crippen LogP contribution in [0.5, 0.6) is 0 Å². The Morgan fingerprint density at radius 3 is 2.79 bits per heavy atom. The molecule has 7 nitrogen and oxygen atoms in total. The van der Waals surface area contributed by atoms with Crippen molar-refractivity contribution in [3.8, 4) is 0 Å². The largest absolute Gasteiger partial charge is 0.369 e. The van der Waals surface area contributed by atoms with Crippen LogP contribution in [0.15, 0.2) is 42.6 Å². The Balaban J connectivity index is 1.25. The summed E-state index contributed by atoms with van der Waals surface area (Å²) in [5.74, 6) is 0.823. The van der Waals surface area contributed by atoms with Crippen molar-refractivity contribution in [1.29, 1.82) is 0 Å². The summed E-state index contributed by atoms with van der Waals surface area (Å²) in [7, 11) is 2.17. The first-order chi connectivity index (χ1) is 16.5. The Bertz CT molecular complexity index is 1260. The average molecular weight is 457 g/mol. The zero-order valence-electron chi connectivity index (χ0n) is 20.0. The van der Waals surface area contributed by atoms with E-state index in [9.17, 15) is 4.79 Å². The molecule has 3 aliphatic heterocycles. The molecule has 0 aliphatic carbocycles. The van der Waals surface area contributed by atoms with Gasteiger partial charge in [-0.3, -0.25) is 4.79 Å². The fourth-order valence-electron chi connectivity index (χ4n) is 5.93. The number of amides is 1. The molecule has 1 unspecified atom stereocenters. The summed E-state index contributed by atoms with van der Waals surface area (Å²) >= 11 is 0. The average Bonchev–Trinajstić information content (AvgIpc) is 3.45. The van der Waals surface area contributed by atoms with Crippen molar-refractivity contribution in [2.24, 2.45) is 5.41 Å². The van der Waals surface area contributed by atoms with E-state index in [1.807, 2.05) is 11.1 Å². The second-order valence-corrected chi connectivity index (χ2v) is 10.4. The normalized spacial score (nSPS) is 22.5. The van der Waals surface area contributed by atoms with Gasteiger partial charge >= 0.3 is 0 Å². The molecule has 2 saturated heterocycles. The second kappa shape index (κ2) is 8.24. The molecule has 6 rings (SSSR count). The first kappa shape index (κ1) is 21.4. The van der Waals surface area contributed by atoms with Gasteiger partial charge in [0.05, 0.1) is 11.2 Å². The van der Waals surface area contributed by atoms with Crippen LogP contribution in [0.25, 0.3) is 10.9 Å². The molecule has 34 heavy (non-hydrogen) atoms. The summed E-state index contributed by atoms with van der Waals surface area (Å²) in [6.07, 6.45) is 5.19. The Hall–Kier alpha value is -3.19. The molecular weight excluding hydrogens is 424 g/mol. The number of aromatic nitrogens is 2. The van der Waals surface area contributed by atoms with Crippen LogP contribution in [0.2, 0.25) is 0 Å². The predicted molar refractivity (Wildman–Crippen MR) is 135 cm³/mol. The molecule has 1 N–H and O–H groups in total. The van der Waals surface area contributed by atoms with Crippen molar-refractivity contribution in [3.05, 3.63) is 53.7 Å². The molecule has 2 fully saturated rings. The van der Waals surface area contributed by atoms with Crippen LogP contribution in [0.1, 0.15) is 30.9 Å². The van der Waals surface area contributed by atoms with E-state index >= 15 is 0 Å². The van der Waals surface area contributed by atoms with Crippen LogP contribution in [-0.4, -0.2) is 65.4 Å². The zero-order chi connectivity index (χ0) is 23.3. The summed E-state index contributed by atoms with van der Waals surface area (Å²) < 4.78 is 0. The van der Waals surface area contributed by atoms with Crippen molar-refractivity contribution >= 4 is 34.1 Å². The maximum atomic E-state index is 11.9. The molecule has 3 aromatic rings. The highest BCUT2D eigenvalue weighted by Gasteiger charge is 2.44. The number of hydrogen-bond acceptors (Lipinski definition) is 6. The number of nitrogens with one attached hydrogen (secondary N) is 1. The maximum absolute atomic E-state index is 11.9. The molecule has 7 heteroatoms. The van der Waals surface area contributed by atoms with Crippen molar-refractivity contribution in [3.63, 3.8) is 0 Å². The van der Waals surface area contributed by atoms with Crippen molar-refractivity contribution < 1.29 is 4.79 Å². The Morgan fingerprint density at radius 2 is 1.94 bits per heavy atom. The van der Waals surface area contributed by atoms with Gasteiger partial charge in [0.15, 0.2) is 0 Å². The minimum Gasteiger partial charge on any atom is -0.369 e. The third-order valence-corrected chi connectivity index (χ3v) is 7.92. The summed E-state index contributed by atoms with van der Waals surface area (Å²) in [4.78, 5) is 28.3. The molecule has 4 heterocycles. The van der Waals surface area contributed by atoms with Gasteiger partial charge in [-0.2, -0.15) is 0 Å². The molecule has 1 spiro atoms. The lowest BCUT2D eigenvalue weighted by Gasteiger charge is -2.26. The van der Waals surface area contributed by atoms with Gasteiger partial charge in [0, 0.05) is 68.9 Å². The Kier molecular flexibility index (Phi) is 5.17. The summed E-state index contributed by atoms with van der Waals surface area (Å²) in [5, 5.41) is 4.49. The van der Waals surface area contributed by atoms with Crippen LogP contribution < -0.4 is 10.2 Å². The smallest absolute Gasteiger partial charge is 0.227 e. The van der Waals surface area contributed by atoms with E-state index < -0.39 is 0 Å². The van der Waals surface area contributed by atoms with E-state index in [1.54, 1.807) is 6.92 Å². The van der Waals surface area contributed by atoms with Crippen LogP contribution in [0, 0.1) is 5.41 Å². The second-order valence-electron chi connectivity index (χ2n) is 10.4. The van der Waals surface area contributed by atoms with Gasteiger partial charge in [-0.05, 0) is 55.6 Å². The number of likely N-dealkylation sites (tertiary alicyclic amines) is 1. The highest BCUT2D eigenvalue weighted by atomic mass is 16.2. The molecule has 0 radical (unpaired) electrons. The van der Waals surface area contributed by atoms with E-state index in [0.717, 1.165) is 80.8 Å². The Morgan fingerprint density at radius 1 is 1.06 bits per heavy atom. The summed E-state index contributed by atoms with van der Waals surface area (Å²) in [5.41, 5.74) is 6.20. The highest BCUT2D eigenvalue weighted by molar-refractivity contribution is 5.91. The number of nitrogens with zero attached hydrogens (tertiary/aromatic N) is 5. The summed E-state index contributed by atoms with van der Waals surface area (Å²) in [6, 6.07) is 12.9. The number of carbonyl (C=O) groups excluding carboxylic acids is 1. The van der Waals surface area contributed by atoms with Crippen LogP contribution in [0.4, 0.5) is 17.3 Å². The fraction of sp³-hybridized carbons (Fsp3) is 0.444. The van der Waals surface area contributed by atoms with Gasteiger partial charge in [0.25, 0.3) is 0 Å². The number of fused-ring (bicyclic) bond motifs is 2. The lowest BCUT2D eigenvalue weighted by atomic mass is 9.86. The summed E-state index contributed by atoms with van der Waals surface area (Å²) in [6.45, 7) is 7.51. The molecule has 2 aromatic carbocycles. The first-order valence-corrected chi connectivity index (χ1v) is 12.3. The van der Waals surface area contributed by atoms with Crippen molar-refractivity contribution in [2.45, 2.75) is 32.7 Å². The molecule has 3 aliphatic rings. The minimum atomic E-state index is 0.193. The van der Waals surface area contributed by atoms with Gasteiger partial charge in [0.2, 0.25) is 11.9 Å². The van der Waals surface area contributed by atoms with Gasteiger partial charge < -0.3 is 20.0 Å². The van der Waals surface area contributed by atoms with Crippen LogP contribution >= 0.6 is 0 Å². The van der Waals surface area contributed by atoms with Gasteiger partial charge in [-0.1, -0.05) is 18.2 Å². The zero-order valence-corrected chi connectivity index (χ0v) is 20.0. The van der Waals surface area contributed by atoms with Gasteiger partial charge in [0.1, 0.15) is 0 Å². The number of likely N-dealkylation sites (N-methyl/N-ethyl adjacent to an activating group) is 1. The molecular formula is C27H32N6O. The molecule has 0 saturated carbocycles. The number of hydrogen-bond donors (Lipinski definition) is 1. The van der Waals surface area contributed by atoms with Crippen molar-refractivity contribution in [1.82, 2.24) is 19.8 Å². The van der Waals surface area contributed by atoms with E-state index in [2.05, 4.69) is 63.5 Å². The van der Waals surface area contributed by atoms with Gasteiger partial charge in [-0.25, -0.2) is 9.97 Å². The number of anilines is 3. The lowest BCUT2D eigenvalue weighted by molar-refractivity contribution is -0.128. The quantitative estimate of drug-likeness (QED) is 0.647. The third kappa shape index (κ3) is 3.88.